The molecule has 0 saturated carbocycles. The van der Waals surface area contributed by atoms with Crippen LogP contribution in [0.2, 0.25) is 0 Å². The first kappa shape index (κ1) is 24.1. The minimum atomic E-state index is -0.0793. The normalized spacial score (nSPS) is 14.1. The van der Waals surface area contributed by atoms with Crippen LogP contribution in [-0.2, 0) is 11.3 Å². The first-order valence-electron chi connectivity index (χ1n) is 13.5. The van der Waals surface area contributed by atoms with E-state index in [-0.39, 0.29) is 11.8 Å². The van der Waals surface area contributed by atoms with Gasteiger partial charge >= 0.3 is 0 Å². The fourth-order valence-electron chi connectivity index (χ4n) is 5.56. The molecule has 1 aliphatic heterocycles. The number of hydrogen-bond donors (Lipinski definition) is 0. The molecule has 4 aromatic carbocycles. The standard InChI is InChI=1S/C34H32N2O2/c37-34(35-20-9-10-21-35)23-31(27-14-11-17-29(22-27)38-28-15-5-2-6-16-28)32-25-36(24-26-12-3-1-4-13-26)33-19-8-7-18-30(32)33/h1-8,11-19,22,25,31H,9-10,20-21,23-24H2/t31-/m1/s1. The van der Waals surface area contributed by atoms with Crippen molar-refractivity contribution in [2.45, 2.75) is 31.7 Å². The summed E-state index contributed by atoms with van der Waals surface area (Å²) in [6.45, 7) is 2.50. The van der Waals surface area contributed by atoms with Crippen molar-refractivity contribution in [2.75, 3.05) is 13.1 Å². The van der Waals surface area contributed by atoms with Gasteiger partial charge in [-0.1, -0.05) is 78.9 Å². The van der Waals surface area contributed by atoms with E-state index in [1.54, 1.807) is 0 Å². The molecule has 1 saturated heterocycles. The predicted octanol–water partition coefficient (Wildman–Crippen LogP) is 7.63. The van der Waals surface area contributed by atoms with Gasteiger partial charge in [-0.15, -0.1) is 0 Å². The summed E-state index contributed by atoms with van der Waals surface area (Å²) in [5.74, 6) is 1.72. The SMILES string of the molecule is O=C(C[C@H](c1cccc(Oc2ccccc2)c1)c1cn(Cc2ccccc2)c2ccccc12)N1CCCC1. The van der Waals surface area contributed by atoms with Gasteiger partial charge in [-0.05, 0) is 59.9 Å². The molecular formula is C34H32N2O2. The van der Waals surface area contributed by atoms with Crippen LogP contribution in [0.15, 0.2) is 115 Å². The topological polar surface area (TPSA) is 34.5 Å². The maximum absolute atomic E-state index is 13.5. The number of aromatic nitrogens is 1. The second-order valence-corrected chi connectivity index (χ2v) is 10.0. The Morgan fingerprint density at radius 1 is 0.763 bits per heavy atom. The van der Waals surface area contributed by atoms with Crippen molar-refractivity contribution < 1.29 is 9.53 Å². The van der Waals surface area contributed by atoms with Crippen LogP contribution in [-0.4, -0.2) is 28.5 Å². The van der Waals surface area contributed by atoms with Crippen molar-refractivity contribution in [3.8, 4) is 11.5 Å². The number of fused-ring (bicyclic) bond motifs is 1. The molecule has 1 atom stereocenters. The van der Waals surface area contributed by atoms with E-state index in [0.717, 1.165) is 49.5 Å². The lowest BCUT2D eigenvalue weighted by atomic mass is 9.87. The predicted molar refractivity (Wildman–Crippen MR) is 153 cm³/mol. The third-order valence-corrected chi connectivity index (χ3v) is 7.47. The van der Waals surface area contributed by atoms with Crippen molar-refractivity contribution >= 4 is 16.8 Å². The summed E-state index contributed by atoms with van der Waals surface area (Å²) in [5.41, 5.74) is 4.71. The third-order valence-electron chi connectivity index (χ3n) is 7.47. The van der Waals surface area contributed by atoms with E-state index in [1.807, 2.05) is 53.4 Å². The molecule has 1 aliphatic rings. The van der Waals surface area contributed by atoms with Gasteiger partial charge in [-0.3, -0.25) is 4.79 Å². The van der Waals surface area contributed by atoms with Gasteiger partial charge < -0.3 is 14.2 Å². The van der Waals surface area contributed by atoms with E-state index in [4.69, 9.17) is 4.74 Å². The number of carbonyl (C=O) groups is 1. The molecule has 0 N–H and O–H groups in total. The molecule has 1 fully saturated rings. The van der Waals surface area contributed by atoms with Crippen LogP contribution in [0.4, 0.5) is 0 Å². The molecule has 6 rings (SSSR count). The van der Waals surface area contributed by atoms with E-state index in [1.165, 1.54) is 22.0 Å². The summed E-state index contributed by atoms with van der Waals surface area (Å²) in [6, 6.07) is 37.1. The molecule has 0 radical (unpaired) electrons. The average Bonchev–Trinajstić information content (AvgIpc) is 3.62. The van der Waals surface area contributed by atoms with E-state index in [9.17, 15) is 4.79 Å². The minimum Gasteiger partial charge on any atom is -0.457 e. The summed E-state index contributed by atoms with van der Waals surface area (Å²) >= 11 is 0. The summed E-state index contributed by atoms with van der Waals surface area (Å²) in [4.78, 5) is 15.5. The Morgan fingerprint density at radius 3 is 2.24 bits per heavy atom. The molecule has 38 heavy (non-hydrogen) atoms. The number of nitrogens with zero attached hydrogens (tertiary/aromatic N) is 2. The van der Waals surface area contributed by atoms with Gasteiger partial charge in [-0.2, -0.15) is 0 Å². The zero-order valence-corrected chi connectivity index (χ0v) is 21.5. The minimum absolute atomic E-state index is 0.0793. The Balaban J connectivity index is 1.41. The van der Waals surface area contributed by atoms with Crippen molar-refractivity contribution in [3.05, 3.63) is 132 Å². The van der Waals surface area contributed by atoms with Crippen LogP contribution in [0, 0.1) is 0 Å². The molecule has 190 valence electrons. The van der Waals surface area contributed by atoms with E-state index in [0.29, 0.717) is 6.42 Å². The highest BCUT2D eigenvalue weighted by atomic mass is 16.5. The van der Waals surface area contributed by atoms with Crippen LogP contribution >= 0.6 is 0 Å². The third kappa shape index (κ3) is 5.21. The van der Waals surface area contributed by atoms with Gasteiger partial charge in [0.05, 0.1) is 0 Å². The second kappa shape index (κ2) is 11.0. The van der Waals surface area contributed by atoms with Crippen LogP contribution < -0.4 is 4.74 Å². The summed E-state index contributed by atoms with van der Waals surface area (Å²) < 4.78 is 8.50. The number of benzene rings is 4. The highest BCUT2D eigenvalue weighted by Crippen LogP contribution is 2.37. The number of amides is 1. The zero-order chi connectivity index (χ0) is 25.7. The van der Waals surface area contributed by atoms with E-state index in [2.05, 4.69) is 71.4 Å². The monoisotopic (exact) mass is 500 g/mol. The van der Waals surface area contributed by atoms with Gasteiger partial charge in [0.1, 0.15) is 11.5 Å². The molecule has 0 aliphatic carbocycles. The van der Waals surface area contributed by atoms with E-state index >= 15 is 0 Å². The Hall–Kier alpha value is -4.31. The van der Waals surface area contributed by atoms with Gasteiger partial charge in [0.15, 0.2) is 0 Å². The molecule has 1 amide bonds. The van der Waals surface area contributed by atoms with Gasteiger partial charge in [-0.25, -0.2) is 0 Å². The fourth-order valence-corrected chi connectivity index (χ4v) is 5.56. The molecule has 5 aromatic rings. The maximum Gasteiger partial charge on any atom is 0.223 e. The number of para-hydroxylation sites is 2. The quantitative estimate of drug-likeness (QED) is 0.220. The Kier molecular flexibility index (Phi) is 6.95. The zero-order valence-electron chi connectivity index (χ0n) is 21.5. The molecule has 0 unspecified atom stereocenters. The molecule has 4 heteroatoms. The van der Waals surface area contributed by atoms with Crippen LogP contribution in [0.3, 0.4) is 0 Å². The van der Waals surface area contributed by atoms with Crippen molar-refractivity contribution in [1.82, 2.24) is 9.47 Å². The largest absolute Gasteiger partial charge is 0.457 e. The van der Waals surface area contributed by atoms with Crippen LogP contribution in [0.25, 0.3) is 10.9 Å². The van der Waals surface area contributed by atoms with Gasteiger partial charge in [0, 0.05) is 49.1 Å². The molecule has 0 bridgehead atoms. The lowest BCUT2D eigenvalue weighted by Gasteiger charge is -2.22. The number of likely N-dealkylation sites (tertiary alicyclic amines) is 1. The fraction of sp³-hybridized carbons (Fsp3) is 0.206. The maximum atomic E-state index is 13.5. The molecule has 0 spiro atoms. The molecule has 2 heterocycles. The Bertz CT molecular complexity index is 1520. The Labute approximate surface area is 224 Å². The van der Waals surface area contributed by atoms with Gasteiger partial charge in [0.25, 0.3) is 0 Å². The first-order valence-corrected chi connectivity index (χ1v) is 13.5. The van der Waals surface area contributed by atoms with Crippen molar-refractivity contribution in [3.63, 3.8) is 0 Å². The number of ether oxygens (including phenoxy) is 1. The molecular weight excluding hydrogens is 468 g/mol. The number of rotatable bonds is 8. The first-order chi connectivity index (χ1) is 18.7. The highest BCUT2D eigenvalue weighted by molar-refractivity contribution is 5.87. The summed E-state index contributed by atoms with van der Waals surface area (Å²) in [6.07, 6.45) is 4.87. The molecule has 1 aromatic heterocycles. The van der Waals surface area contributed by atoms with E-state index < -0.39 is 0 Å². The lowest BCUT2D eigenvalue weighted by molar-refractivity contribution is -0.130. The summed E-state index contributed by atoms with van der Waals surface area (Å²) in [7, 11) is 0. The Morgan fingerprint density at radius 2 is 1.45 bits per heavy atom. The van der Waals surface area contributed by atoms with Crippen LogP contribution in [0.5, 0.6) is 11.5 Å². The van der Waals surface area contributed by atoms with Crippen LogP contribution in [0.1, 0.15) is 41.9 Å². The second-order valence-electron chi connectivity index (χ2n) is 10.0. The average molecular weight is 501 g/mol. The van der Waals surface area contributed by atoms with Crippen molar-refractivity contribution in [2.24, 2.45) is 0 Å². The molecule has 4 nitrogen and oxygen atoms in total. The number of hydrogen-bond acceptors (Lipinski definition) is 2. The van der Waals surface area contributed by atoms with Crippen molar-refractivity contribution in [1.29, 1.82) is 0 Å². The smallest absolute Gasteiger partial charge is 0.223 e. The summed E-state index contributed by atoms with van der Waals surface area (Å²) in [5, 5.41) is 1.19. The lowest BCUT2D eigenvalue weighted by Crippen LogP contribution is -2.29. The highest BCUT2D eigenvalue weighted by Gasteiger charge is 2.27. The number of carbonyl (C=O) groups excluding carboxylic acids is 1. The van der Waals surface area contributed by atoms with Gasteiger partial charge in [0.2, 0.25) is 5.91 Å².